The first-order valence-corrected chi connectivity index (χ1v) is 8.73. The van der Waals surface area contributed by atoms with Crippen LogP contribution in [-0.2, 0) is 10.0 Å². The zero-order valence-corrected chi connectivity index (χ0v) is 13.5. The smallest absolute Gasteiger partial charge is 0.244 e. The molecule has 0 spiro atoms. The van der Waals surface area contributed by atoms with Crippen LogP contribution in [0.5, 0.6) is 0 Å². The molecular weight excluding hydrogens is 296 g/mol. The van der Waals surface area contributed by atoms with Crippen LogP contribution in [0.3, 0.4) is 0 Å². The third-order valence-corrected chi connectivity index (χ3v) is 6.38. The fraction of sp³-hybridized carbons (Fsp3) is 0.571. The Morgan fingerprint density at radius 3 is 2.55 bits per heavy atom. The highest BCUT2D eigenvalue weighted by Gasteiger charge is 2.30. The minimum Gasteiger partial charge on any atom is -0.398 e. The Kier molecular flexibility index (Phi) is 4.62. The van der Waals surface area contributed by atoms with Gasteiger partial charge in [0, 0.05) is 18.8 Å². The van der Waals surface area contributed by atoms with E-state index in [0.717, 1.165) is 18.4 Å². The number of sulfonamides is 1. The predicted molar refractivity (Wildman–Crippen MR) is 82.4 cm³/mol. The predicted octanol–water partition coefficient (Wildman–Crippen LogP) is 3.04. The second-order valence-corrected chi connectivity index (χ2v) is 7.71. The van der Waals surface area contributed by atoms with Crippen LogP contribution in [0.25, 0.3) is 0 Å². The molecule has 1 aromatic carbocycles. The Hall–Kier alpha value is -0.780. The minimum atomic E-state index is -3.57. The summed E-state index contributed by atoms with van der Waals surface area (Å²) < 4.78 is 26.9. The van der Waals surface area contributed by atoms with Crippen molar-refractivity contribution in [2.45, 2.75) is 38.0 Å². The zero-order chi connectivity index (χ0) is 14.9. The number of anilines is 1. The number of nitrogens with zero attached hydrogens (tertiary/aromatic N) is 1. The van der Waals surface area contributed by atoms with Gasteiger partial charge in [0.2, 0.25) is 10.0 Å². The van der Waals surface area contributed by atoms with Gasteiger partial charge in [0.1, 0.15) is 4.90 Å². The van der Waals surface area contributed by atoms with Crippen LogP contribution in [-0.4, -0.2) is 25.8 Å². The van der Waals surface area contributed by atoms with Crippen molar-refractivity contribution in [3.63, 3.8) is 0 Å². The van der Waals surface area contributed by atoms with Crippen LogP contribution in [0.2, 0.25) is 5.02 Å². The van der Waals surface area contributed by atoms with Crippen LogP contribution >= 0.6 is 11.6 Å². The number of rotatable bonds is 5. The molecule has 0 bridgehead atoms. The third kappa shape index (κ3) is 2.95. The molecule has 0 atom stereocenters. The molecule has 1 saturated carbocycles. The minimum absolute atomic E-state index is 0.114. The van der Waals surface area contributed by atoms with Crippen molar-refractivity contribution in [3.8, 4) is 0 Å². The maximum Gasteiger partial charge on any atom is 0.244 e. The summed E-state index contributed by atoms with van der Waals surface area (Å²) in [6, 6.07) is 3.08. The molecule has 0 aromatic heterocycles. The second-order valence-electron chi connectivity index (χ2n) is 5.39. The van der Waals surface area contributed by atoms with E-state index in [1.807, 2.05) is 13.8 Å². The van der Waals surface area contributed by atoms with Gasteiger partial charge in [0.05, 0.1) is 5.02 Å². The standard InChI is InChI=1S/C14H21ClN2O2S/c1-3-17(9-11-5-4-6-11)20(18,19)14-8-13(16)10(2)7-12(14)15/h7-8,11H,3-6,9,16H2,1-2H3. The van der Waals surface area contributed by atoms with Crippen molar-refractivity contribution in [1.29, 1.82) is 0 Å². The van der Waals surface area contributed by atoms with Crippen LogP contribution in [0, 0.1) is 12.8 Å². The first-order valence-electron chi connectivity index (χ1n) is 6.92. The van der Waals surface area contributed by atoms with Crippen molar-refractivity contribution < 1.29 is 8.42 Å². The molecule has 2 rings (SSSR count). The topological polar surface area (TPSA) is 63.4 Å². The van der Waals surface area contributed by atoms with E-state index in [2.05, 4.69) is 0 Å². The first kappa shape index (κ1) is 15.6. The second kappa shape index (κ2) is 5.92. The number of nitrogen functional groups attached to an aromatic ring is 1. The lowest BCUT2D eigenvalue weighted by Crippen LogP contribution is -2.37. The van der Waals surface area contributed by atoms with Crippen molar-refractivity contribution >= 4 is 27.3 Å². The van der Waals surface area contributed by atoms with Gasteiger partial charge >= 0.3 is 0 Å². The molecule has 6 heteroatoms. The molecule has 0 radical (unpaired) electrons. The van der Waals surface area contributed by atoms with E-state index in [1.54, 1.807) is 6.07 Å². The van der Waals surface area contributed by atoms with E-state index >= 15 is 0 Å². The van der Waals surface area contributed by atoms with Crippen LogP contribution in [0.1, 0.15) is 31.7 Å². The van der Waals surface area contributed by atoms with E-state index in [9.17, 15) is 8.42 Å². The molecule has 1 fully saturated rings. The summed E-state index contributed by atoms with van der Waals surface area (Å²) in [6.45, 7) is 4.68. The summed E-state index contributed by atoms with van der Waals surface area (Å²) >= 11 is 6.11. The highest BCUT2D eigenvalue weighted by atomic mass is 35.5. The Morgan fingerprint density at radius 2 is 2.05 bits per heavy atom. The third-order valence-electron chi connectivity index (χ3n) is 3.98. The summed E-state index contributed by atoms with van der Waals surface area (Å²) in [5.41, 5.74) is 7.06. The van der Waals surface area contributed by atoms with Crippen LogP contribution in [0.15, 0.2) is 17.0 Å². The fourth-order valence-electron chi connectivity index (χ4n) is 2.37. The van der Waals surface area contributed by atoms with Crippen molar-refractivity contribution in [2.75, 3.05) is 18.8 Å². The van der Waals surface area contributed by atoms with Gasteiger partial charge in [0.25, 0.3) is 0 Å². The number of hydrogen-bond donors (Lipinski definition) is 1. The van der Waals surface area contributed by atoms with Gasteiger partial charge in [-0.05, 0) is 43.4 Å². The molecule has 0 heterocycles. The average molecular weight is 317 g/mol. The molecule has 1 aromatic rings. The largest absolute Gasteiger partial charge is 0.398 e. The van der Waals surface area contributed by atoms with Gasteiger partial charge in [-0.25, -0.2) is 8.42 Å². The summed E-state index contributed by atoms with van der Waals surface area (Å²) in [4.78, 5) is 0.114. The molecule has 0 aliphatic heterocycles. The van der Waals surface area contributed by atoms with Gasteiger partial charge in [-0.3, -0.25) is 0 Å². The zero-order valence-electron chi connectivity index (χ0n) is 11.9. The molecular formula is C14H21ClN2O2S. The summed E-state index contributed by atoms with van der Waals surface area (Å²) in [5.74, 6) is 0.478. The van der Waals surface area contributed by atoms with Gasteiger partial charge in [-0.1, -0.05) is 24.9 Å². The van der Waals surface area contributed by atoms with E-state index < -0.39 is 10.0 Å². The molecule has 0 saturated heterocycles. The monoisotopic (exact) mass is 316 g/mol. The molecule has 1 aliphatic carbocycles. The molecule has 20 heavy (non-hydrogen) atoms. The Balaban J connectivity index is 2.34. The Morgan fingerprint density at radius 1 is 1.40 bits per heavy atom. The average Bonchev–Trinajstić information content (AvgIpc) is 2.32. The van der Waals surface area contributed by atoms with E-state index in [0.29, 0.717) is 24.7 Å². The lowest BCUT2D eigenvalue weighted by Gasteiger charge is -2.31. The van der Waals surface area contributed by atoms with Crippen molar-refractivity contribution in [3.05, 3.63) is 22.7 Å². The van der Waals surface area contributed by atoms with E-state index in [1.165, 1.54) is 16.8 Å². The van der Waals surface area contributed by atoms with Crippen LogP contribution < -0.4 is 5.73 Å². The fourth-order valence-corrected chi connectivity index (χ4v) is 4.48. The quantitative estimate of drug-likeness (QED) is 0.849. The maximum absolute atomic E-state index is 12.7. The van der Waals surface area contributed by atoms with Crippen LogP contribution in [0.4, 0.5) is 5.69 Å². The number of hydrogen-bond acceptors (Lipinski definition) is 3. The lowest BCUT2D eigenvalue weighted by molar-refractivity contribution is 0.250. The van der Waals surface area contributed by atoms with Crippen molar-refractivity contribution in [1.82, 2.24) is 4.31 Å². The van der Waals surface area contributed by atoms with E-state index in [4.69, 9.17) is 17.3 Å². The molecule has 4 nitrogen and oxygen atoms in total. The highest BCUT2D eigenvalue weighted by Crippen LogP contribution is 2.32. The van der Waals surface area contributed by atoms with Gasteiger partial charge < -0.3 is 5.73 Å². The Labute approximate surface area is 126 Å². The highest BCUT2D eigenvalue weighted by molar-refractivity contribution is 7.89. The van der Waals surface area contributed by atoms with E-state index in [-0.39, 0.29) is 9.92 Å². The van der Waals surface area contributed by atoms with Gasteiger partial charge in [-0.15, -0.1) is 0 Å². The summed E-state index contributed by atoms with van der Waals surface area (Å²) in [6.07, 6.45) is 3.41. The maximum atomic E-state index is 12.7. The normalized spacial score (nSPS) is 16.4. The lowest BCUT2D eigenvalue weighted by atomic mass is 9.85. The molecule has 112 valence electrons. The molecule has 0 amide bonds. The number of halogens is 1. The molecule has 0 unspecified atom stereocenters. The number of aryl methyl sites for hydroxylation is 1. The SMILES string of the molecule is CCN(CC1CCC1)S(=O)(=O)c1cc(N)c(C)cc1Cl. The van der Waals surface area contributed by atoms with Crippen molar-refractivity contribution in [2.24, 2.45) is 5.92 Å². The molecule has 2 N–H and O–H groups in total. The van der Waals surface area contributed by atoms with Gasteiger partial charge in [-0.2, -0.15) is 4.31 Å². The molecule has 1 aliphatic rings. The number of nitrogens with two attached hydrogens (primary N) is 1. The van der Waals surface area contributed by atoms with Gasteiger partial charge in [0.15, 0.2) is 0 Å². The summed E-state index contributed by atoms with van der Waals surface area (Å²) in [7, 11) is -3.57. The number of benzene rings is 1. The summed E-state index contributed by atoms with van der Waals surface area (Å²) in [5, 5.41) is 0.240. The Bertz CT molecular complexity index is 597. The first-order chi connectivity index (χ1) is 9.36.